The van der Waals surface area contributed by atoms with Crippen LogP contribution in [0.3, 0.4) is 0 Å². The Hall–Kier alpha value is -0.610. The number of aryl methyl sites for hydroxylation is 1. The van der Waals surface area contributed by atoms with E-state index in [0.29, 0.717) is 0 Å². The first-order valence-corrected chi connectivity index (χ1v) is 6.38. The van der Waals surface area contributed by atoms with Crippen LogP contribution in [0.15, 0.2) is 16.7 Å². The molecule has 3 nitrogen and oxygen atoms in total. The lowest BCUT2D eigenvalue weighted by Crippen LogP contribution is -2.32. The summed E-state index contributed by atoms with van der Waals surface area (Å²) in [6, 6.07) is 2.04. The zero-order valence-corrected chi connectivity index (χ0v) is 11.3. The second-order valence-corrected chi connectivity index (χ2v) is 5.43. The van der Waals surface area contributed by atoms with Gasteiger partial charge in [0.2, 0.25) is 0 Å². The summed E-state index contributed by atoms with van der Waals surface area (Å²) < 4.78 is 6.76. The average molecular weight is 285 g/mol. The van der Waals surface area contributed by atoms with Crippen molar-refractivity contribution in [3.63, 3.8) is 0 Å². The van der Waals surface area contributed by atoms with E-state index < -0.39 is 0 Å². The van der Waals surface area contributed by atoms with Gasteiger partial charge < -0.3 is 10.1 Å². The summed E-state index contributed by atoms with van der Waals surface area (Å²) >= 11 is 3.44. The van der Waals surface area contributed by atoms with E-state index in [1.807, 2.05) is 12.3 Å². The normalized spacial score (nSPS) is 24.7. The van der Waals surface area contributed by atoms with Gasteiger partial charge >= 0.3 is 0 Å². The molecule has 1 N–H and O–H groups in total. The molecule has 0 bridgehead atoms. The van der Waals surface area contributed by atoms with Crippen molar-refractivity contribution in [1.29, 1.82) is 0 Å². The Bertz CT molecular complexity index is 375. The predicted octanol–water partition coefficient (Wildman–Crippen LogP) is 3.13. The minimum Gasteiger partial charge on any atom is -0.373 e. The molecule has 1 saturated heterocycles. The first kappa shape index (κ1) is 11.9. The molecule has 1 aliphatic rings. The molecule has 1 unspecified atom stereocenters. The molecule has 0 spiro atoms. The van der Waals surface area contributed by atoms with E-state index in [-0.39, 0.29) is 5.60 Å². The molecule has 1 aliphatic heterocycles. The smallest absolute Gasteiger partial charge is 0.126 e. The van der Waals surface area contributed by atoms with Crippen molar-refractivity contribution in [3.05, 3.63) is 22.3 Å². The molecule has 0 aromatic carbocycles. The number of rotatable bonds is 3. The average Bonchev–Trinajstić information content (AvgIpc) is 2.68. The minimum atomic E-state index is -0.0251. The summed E-state index contributed by atoms with van der Waals surface area (Å²) in [6.45, 7) is 5.91. The van der Waals surface area contributed by atoms with Gasteiger partial charge in [-0.3, -0.25) is 0 Å². The summed E-state index contributed by atoms with van der Waals surface area (Å²) in [6.07, 6.45) is 4.11. The standard InChI is InChI=1S/C12H17BrN2O/c1-9-6-11(14-7-10(9)13)15-8-12(2)4-3-5-16-12/h6-7H,3-5,8H2,1-2H3,(H,14,15). The summed E-state index contributed by atoms with van der Waals surface area (Å²) in [5.74, 6) is 0.914. The van der Waals surface area contributed by atoms with E-state index in [2.05, 4.69) is 40.1 Å². The molecular weight excluding hydrogens is 268 g/mol. The van der Waals surface area contributed by atoms with Crippen LogP contribution in [0.4, 0.5) is 5.82 Å². The quantitative estimate of drug-likeness (QED) is 0.926. The molecule has 0 radical (unpaired) electrons. The molecular formula is C12H17BrN2O. The zero-order valence-electron chi connectivity index (χ0n) is 9.72. The van der Waals surface area contributed by atoms with Crippen LogP contribution in [-0.2, 0) is 4.74 Å². The number of hydrogen-bond donors (Lipinski definition) is 1. The first-order valence-electron chi connectivity index (χ1n) is 5.59. The Labute approximate surface area is 105 Å². The van der Waals surface area contributed by atoms with Crippen LogP contribution >= 0.6 is 15.9 Å². The first-order chi connectivity index (χ1) is 7.59. The Morgan fingerprint density at radius 2 is 2.44 bits per heavy atom. The molecule has 1 aromatic rings. The van der Waals surface area contributed by atoms with Gasteiger partial charge in [-0.2, -0.15) is 0 Å². The second kappa shape index (κ2) is 4.72. The number of anilines is 1. The number of hydrogen-bond acceptors (Lipinski definition) is 3. The van der Waals surface area contributed by atoms with Crippen LogP contribution in [0.1, 0.15) is 25.3 Å². The van der Waals surface area contributed by atoms with E-state index in [4.69, 9.17) is 4.74 Å². The highest BCUT2D eigenvalue weighted by Crippen LogP contribution is 2.25. The lowest BCUT2D eigenvalue weighted by atomic mass is 10.0. The zero-order chi connectivity index (χ0) is 11.6. The maximum atomic E-state index is 5.72. The Morgan fingerprint density at radius 1 is 1.62 bits per heavy atom. The number of ether oxygens (including phenoxy) is 1. The van der Waals surface area contributed by atoms with Crippen molar-refractivity contribution >= 4 is 21.7 Å². The molecule has 1 aromatic heterocycles. The van der Waals surface area contributed by atoms with Crippen molar-refractivity contribution in [2.75, 3.05) is 18.5 Å². The fourth-order valence-electron chi connectivity index (χ4n) is 1.89. The topological polar surface area (TPSA) is 34.1 Å². The van der Waals surface area contributed by atoms with Crippen LogP contribution in [0.2, 0.25) is 0 Å². The van der Waals surface area contributed by atoms with Gasteiger partial charge in [0.25, 0.3) is 0 Å². The van der Waals surface area contributed by atoms with Crippen LogP contribution in [0.5, 0.6) is 0 Å². The molecule has 2 rings (SSSR count). The summed E-state index contributed by atoms with van der Waals surface area (Å²) in [5.41, 5.74) is 1.16. The number of nitrogens with zero attached hydrogens (tertiary/aromatic N) is 1. The number of pyridine rings is 1. The highest BCUT2D eigenvalue weighted by molar-refractivity contribution is 9.10. The number of nitrogens with one attached hydrogen (secondary N) is 1. The maximum Gasteiger partial charge on any atom is 0.126 e. The second-order valence-electron chi connectivity index (χ2n) is 4.57. The molecule has 2 heterocycles. The highest BCUT2D eigenvalue weighted by Gasteiger charge is 2.29. The van der Waals surface area contributed by atoms with Crippen molar-refractivity contribution < 1.29 is 4.74 Å². The summed E-state index contributed by atoms with van der Waals surface area (Å²) in [7, 11) is 0. The van der Waals surface area contributed by atoms with Gasteiger partial charge in [0.1, 0.15) is 5.82 Å². The number of halogens is 1. The number of aromatic nitrogens is 1. The largest absolute Gasteiger partial charge is 0.373 e. The van der Waals surface area contributed by atoms with Crippen LogP contribution < -0.4 is 5.32 Å². The van der Waals surface area contributed by atoms with Crippen molar-refractivity contribution in [2.45, 2.75) is 32.3 Å². The predicted molar refractivity (Wildman–Crippen MR) is 68.8 cm³/mol. The molecule has 16 heavy (non-hydrogen) atoms. The molecule has 0 amide bonds. The van der Waals surface area contributed by atoms with Gasteiger partial charge in [-0.15, -0.1) is 0 Å². The minimum absolute atomic E-state index is 0.0251. The van der Waals surface area contributed by atoms with Crippen molar-refractivity contribution in [1.82, 2.24) is 4.98 Å². The van der Waals surface area contributed by atoms with Gasteiger partial charge in [-0.1, -0.05) is 0 Å². The molecule has 4 heteroatoms. The lowest BCUT2D eigenvalue weighted by Gasteiger charge is -2.23. The SMILES string of the molecule is Cc1cc(NCC2(C)CCCO2)ncc1Br. The molecule has 0 saturated carbocycles. The van der Waals surface area contributed by atoms with E-state index in [9.17, 15) is 0 Å². The van der Waals surface area contributed by atoms with Gasteiger partial charge in [0, 0.05) is 23.8 Å². The van der Waals surface area contributed by atoms with E-state index >= 15 is 0 Å². The Kier molecular flexibility index (Phi) is 3.50. The Balaban J connectivity index is 1.96. The molecule has 1 fully saturated rings. The van der Waals surface area contributed by atoms with E-state index in [1.54, 1.807) is 0 Å². The van der Waals surface area contributed by atoms with Gasteiger partial charge in [-0.25, -0.2) is 4.98 Å². The fourth-order valence-corrected chi connectivity index (χ4v) is 2.11. The fraction of sp³-hybridized carbons (Fsp3) is 0.583. The van der Waals surface area contributed by atoms with Crippen LogP contribution in [0, 0.1) is 6.92 Å². The molecule has 1 atom stereocenters. The maximum absolute atomic E-state index is 5.72. The highest BCUT2D eigenvalue weighted by atomic mass is 79.9. The molecule has 0 aliphatic carbocycles. The van der Waals surface area contributed by atoms with Crippen molar-refractivity contribution in [3.8, 4) is 0 Å². The third kappa shape index (κ3) is 2.74. The van der Waals surface area contributed by atoms with E-state index in [0.717, 1.165) is 36.3 Å². The monoisotopic (exact) mass is 284 g/mol. The Morgan fingerprint density at radius 3 is 3.06 bits per heavy atom. The lowest BCUT2D eigenvalue weighted by molar-refractivity contribution is 0.0315. The van der Waals surface area contributed by atoms with Gasteiger partial charge in [-0.05, 0) is 54.2 Å². The summed E-state index contributed by atoms with van der Waals surface area (Å²) in [5, 5.41) is 3.34. The van der Waals surface area contributed by atoms with Gasteiger partial charge in [0.05, 0.1) is 5.60 Å². The van der Waals surface area contributed by atoms with Gasteiger partial charge in [0.15, 0.2) is 0 Å². The van der Waals surface area contributed by atoms with Crippen molar-refractivity contribution in [2.24, 2.45) is 0 Å². The van der Waals surface area contributed by atoms with Crippen LogP contribution in [0.25, 0.3) is 0 Å². The van der Waals surface area contributed by atoms with E-state index in [1.165, 1.54) is 5.56 Å². The third-order valence-corrected chi connectivity index (χ3v) is 3.82. The van der Waals surface area contributed by atoms with Crippen LogP contribution in [-0.4, -0.2) is 23.7 Å². The third-order valence-electron chi connectivity index (χ3n) is 2.99. The summed E-state index contributed by atoms with van der Waals surface area (Å²) in [4.78, 5) is 4.32. The molecule has 88 valence electrons.